The Morgan fingerprint density at radius 1 is 1.10 bits per heavy atom. The molecule has 0 saturated heterocycles. The van der Waals surface area contributed by atoms with Crippen LogP contribution in [0.4, 0.5) is 0 Å². The van der Waals surface area contributed by atoms with Gasteiger partial charge in [0.2, 0.25) is 0 Å². The van der Waals surface area contributed by atoms with Crippen LogP contribution in [0.5, 0.6) is 0 Å². The predicted molar refractivity (Wildman–Crippen MR) is 93.6 cm³/mol. The van der Waals surface area contributed by atoms with Gasteiger partial charge in [-0.1, -0.05) is 20.8 Å². The summed E-state index contributed by atoms with van der Waals surface area (Å²) in [6.07, 6.45) is 7.88. The quantitative estimate of drug-likeness (QED) is 0.709. The summed E-state index contributed by atoms with van der Waals surface area (Å²) in [5.41, 5.74) is 6.62. The summed E-state index contributed by atoms with van der Waals surface area (Å²) in [6, 6.07) is 0. The van der Waals surface area contributed by atoms with Crippen molar-refractivity contribution in [2.24, 2.45) is 17.1 Å². The maximum atomic E-state index is 5.78. The van der Waals surface area contributed by atoms with Crippen LogP contribution in [0.2, 0.25) is 0 Å². The Labute approximate surface area is 133 Å². The maximum Gasteiger partial charge on any atom is 0.0330 e. The van der Waals surface area contributed by atoms with E-state index in [2.05, 4.69) is 51.7 Å². The molecule has 1 aliphatic carbocycles. The zero-order valence-electron chi connectivity index (χ0n) is 15.4. The lowest BCUT2D eigenvalue weighted by molar-refractivity contribution is 0.0268. The average Bonchev–Trinajstić information content (AvgIpc) is 2.31. The third-order valence-electron chi connectivity index (χ3n) is 5.63. The van der Waals surface area contributed by atoms with Crippen molar-refractivity contribution < 1.29 is 0 Å². The van der Waals surface area contributed by atoms with Crippen molar-refractivity contribution in [3.8, 4) is 0 Å². The van der Waals surface area contributed by atoms with Gasteiger partial charge in [-0.15, -0.1) is 0 Å². The molecule has 1 rings (SSSR count). The van der Waals surface area contributed by atoms with Crippen LogP contribution in [-0.2, 0) is 0 Å². The molecule has 1 atom stereocenters. The van der Waals surface area contributed by atoms with E-state index in [-0.39, 0.29) is 0 Å². The Bertz CT molecular complexity index is 289. The van der Waals surface area contributed by atoms with Gasteiger partial charge in [-0.2, -0.15) is 0 Å². The first-order chi connectivity index (χ1) is 9.71. The molecule has 0 aromatic rings. The van der Waals surface area contributed by atoms with Gasteiger partial charge in [0.15, 0.2) is 0 Å². The first-order valence-corrected chi connectivity index (χ1v) is 8.77. The SMILES string of the molecule is CN(CCCC(CCN)C(C)(C)C)CC1(N(C)C)CCC1. The van der Waals surface area contributed by atoms with Crippen LogP contribution >= 0.6 is 0 Å². The lowest BCUT2D eigenvalue weighted by Crippen LogP contribution is -2.56. The Kier molecular flexibility index (Phi) is 7.15. The van der Waals surface area contributed by atoms with Crippen LogP contribution in [0.15, 0.2) is 0 Å². The largest absolute Gasteiger partial charge is 0.330 e. The van der Waals surface area contributed by atoms with Gasteiger partial charge in [0.25, 0.3) is 0 Å². The molecule has 0 spiro atoms. The Morgan fingerprint density at radius 2 is 1.71 bits per heavy atom. The summed E-state index contributed by atoms with van der Waals surface area (Å²) in [5, 5.41) is 0. The molecular weight excluding hydrogens is 258 g/mol. The van der Waals surface area contributed by atoms with Crippen LogP contribution in [0.1, 0.15) is 59.3 Å². The van der Waals surface area contributed by atoms with Gasteiger partial charge >= 0.3 is 0 Å². The molecule has 0 aromatic heterocycles. The van der Waals surface area contributed by atoms with Crippen molar-refractivity contribution in [3.63, 3.8) is 0 Å². The topological polar surface area (TPSA) is 32.5 Å². The van der Waals surface area contributed by atoms with Crippen molar-refractivity contribution in [1.82, 2.24) is 9.80 Å². The molecule has 0 aromatic carbocycles. The van der Waals surface area contributed by atoms with Crippen molar-refractivity contribution in [3.05, 3.63) is 0 Å². The van der Waals surface area contributed by atoms with Crippen LogP contribution in [0, 0.1) is 11.3 Å². The third-order valence-corrected chi connectivity index (χ3v) is 5.63. The minimum absolute atomic E-state index is 0.386. The summed E-state index contributed by atoms with van der Waals surface area (Å²) in [5.74, 6) is 0.752. The summed E-state index contributed by atoms with van der Waals surface area (Å²) in [6.45, 7) is 10.3. The smallest absolute Gasteiger partial charge is 0.0330 e. The lowest BCUT2D eigenvalue weighted by atomic mass is 9.75. The van der Waals surface area contributed by atoms with Crippen molar-refractivity contribution >= 4 is 0 Å². The molecule has 0 heterocycles. The van der Waals surface area contributed by atoms with Gasteiger partial charge in [0.1, 0.15) is 0 Å². The number of rotatable bonds is 9. The van der Waals surface area contributed by atoms with E-state index < -0.39 is 0 Å². The molecule has 1 fully saturated rings. The third kappa shape index (κ3) is 5.54. The fourth-order valence-corrected chi connectivity index (χ4v) is 3.73. The van der Waals surface area contributed by atoms with E-state index in [0.717, 1.165) is 18.9 Å². The highest BCUT2D eigenvalue weighted by Gasteiger charge is 2.39. The zero-order valence-corrected chi connectivity index (χ0v) is 15.4. The molecule has 0 aliphatic heterocycles. The number of hydrogen-bond acceptors (Lipinski definition) is 3. The lowest BCUT2D eigenvalue weighted by Gasteiger charge is -2.49. The molecule has 3 nitrogen and oxygen atoms in total. The van der Waals surface area contributed by atoms with E-state index in [4.69, 9.17) is 5.73 Å². The van der Waals surface area contributed by atoms with E-state index in [1.54, 1.807) is 0 Å². The van der Waals surface area contributed by atoms with E-state index >= 15 is 0 Å². The molecular formula is C18H39N3. The molecule has 0 amide bonds. The number of nitrogens with two attached hydrogens (primary N) is 1. The van der Waals surface area contributed by atoms with Gasteiger partial charge in [-0.05, 0) is 84.1 Å². The van der Waals surface area contributed by atoms with Crippen LogP contribution in [0.3, 0.4) is 0 Å². The first-order valence-electron chi connectivity index (χ1n) is 8.77. The monoisotopic (exact) mass is 297 g/mol. The number of likely N-dealkylation sites (N-methyl/N-ethyl adjacent to an activating group) is 2. The van der Waals surface area contributed by atoms with E-state index in [0.29, 0.717) is 11.0 Å². The predicted octanol–water partition coefficient (Wildman–Crippen LogP) is 3.19. The average molecular weight is 298 g/mol. The van der Waals surface area contributed by atoms with Gasteiger partial charge in [0, 0.05) is 12.1 Å². The van der Waals surface area contributed by atoms with E-state index in [1.165, 1.54) is 45.2 Å². The zero-order chi connectivity index (χ0) is 16.1. The molecule has 126 valence electrons. The summed E-state index contributed by atoms with van der Waals surface area (Å²) in [4.78, 5) is 4.99. The van der Waals surface area contributed by atoms with Crippen molar-refractivity contribution in [1.29, 1.82) is 0 Å². The molecule has 2 N–H and O–H groups in total. The van der Waals surface area contributed by atoms with Crippen molar-refractivity contribution in [2.75, 3.05) is 40.8 Å². The van der Waals surface area contributed by atoms with Crippen LogP contribution < -0.4 is 5.73 Å². The number of nitrogens with zero attached hydrogens (tertiary/aromatic N) is 2. The van der Waals surface area contributed by atoms with Crippen LogP contribution in [0.25, 0.3) is 0 Å². The normalized spacial score (nSPS) is 19.9. The van der Waals surface area contributed by atoms with Crippen molar-refractivity contribution in [2.45, 2.75) is 64.8 Å². The molecule has 1 unspecified atom stereocenters. The highest BCUT2D eigenvalue weighted by atomic mass is 15.2. The van der Waals surface area contributed by atoms with Crippen LogP contribution in [-0.4, -0.2) is 56.1 Å². The molecule has 0 radical (unpaired) electrons. The van der Waals surface area contributed by atoms with Gasteiger partial charge in [-0.25, -0.2) is 0 Å². The summed E-state index contributed by atoms with van der Waals surface area (Å²) >= 11 is 0. The van der Waals surface area contributed by atoms with Gasteiger partial charge in [-0.3, -0.25) is 0 Å². The number of hydrogen-bond donors (Lipinski definition) is 1. The standard InChI is InChI=1S/C18H39N3/c1-17(2,3)16(10-13-19)9-7-14-21(6)15-18(20(4)5)11-8-12-18/h16H,7-15,19H2,1-6H3. The van der Waals surface area contributed by atoms with Gasteiger partial charge in [0.05, 0.1) is 0 Å². The van der Waals surface area contributed by atoms with E-state index in [9.17, 15) is 0 Å². The summed E-state index contributed by atoms with van der Waals surface area (Å²) in [7, 11) is 6.77. The molecule has 0 bridgehead atoms. The molecule has 1 saturated carbocycles. The molecule has 1 aliphatic rings. The Hall–Kier alpha value is -0.120. The highest BCUT2D eigenvalue weighted by molar-refractivity contribution is 4.97. The fraction of sp³-hybridized carbons (Fsp3) is 1.00. The van der Waals surface area contributed by atoms with E-state index in [1.807, 2.05) is 0 Å². The maximum absolute atomic E-state index is 5.78. The second kappa shape index (κ2) is 7.94. The molecule has 21 heavy (non-hydrogen) atoms. The minimum atomic E-state index is 0.386. The Morgan fingerprint density at radius 3 is 2.10 bits per heavy atom. The first kappa shape index (κ1) is 18.9. The Balaban J connectivity index is 2.34. The second-order valence-electron chi connectivity index (χ2n) is 8.49. The highest BCUT2D eigenvalue weighted by Crippen LogP contribution is 2.37. The minimum Gasteiger partial charge on any atom is -0.330 e. The second-order valence-corrected chi connectivity index (χ2v) is 8.49. The molecule has 3 heteroatoms. The summed E-state index contributed by atoms with van der Waals surface area (Å²) < 4.78 is 0. The fourth-order valence-electron chi connectivity index (χ4n) is 3.73. The van der Waals surface area contributed by atoms with Gasteiger partial charge < -0.3 is 15.5 Å².